The minimum atomic E-state index is 0.234. The van der Waals surface area contributed by atoms with Crippen LogP contribution in [0.2, 0.25) is 0 Å². The van der Waals surface area contributed by atoms with Crippen molar-refractivity contribution < 1.29 is 4.74 Å². The fraction of sp³-hybridized carbons (Fsp3) is 0.548. The highest BCUT2D eigenvalue weighted by Gasteiger charge is 2.48. The zero-order chi connectivity index (χ0) is 22.3. The number of hydrogen-bond donors (Lipinski definition) is 0. The molecule has 170 valence electrons. The lowest BCUT2D eigenvalue weighted by Crippen LogP contribution is -2.43. The van der Waals surface area contributed by atoms with E-state index in [1.165, 1.54) is 69.8 Å². The van der Waals surface area contributed by atoms with Crippen LogP contribution >= 0.6 is 0 Å². The van der Waals surface area contributed by atoms with Crippen molar-refractivity contribution in [2.75, 3.05) is 6.61 Å². The molecule has 0 atom stereocenters. The van der Waals surface area contributed by atoms with Crippen molar-refractivity contribution in [1.82, 2.24) is 0 Å². The van der Waals surface area contributed by atoms with Gasteiger partial charge in [-0.1, -0.05) is 69.2 Å². The molecule has 1 heteroatoms. The molecule has 1 nitrogen and oxygen atoms in total. The summed E-state index contributed by atoms with van der Waals surface area (Å²) in [6.45, 7) is 5.26. The second-order valence-corrected chi connectivity index (χ2v) is 10.2. The maximum absolute atomic E-state index is 5.78. The highest BCUT2D eigenvalue weighted by Crippen LogP contribution is 2.57. The first-order valence-electron chi connectivity index (χ1n) is 13.0. The average Bonchev–Trinajstić information content (AvgIpc) is 2.85. The van der Waals surface area contributed by atoms with E-state index in [-0.39, 0.29) is 5.41 Å². The molecule has 0 saturated heterocycles. The molecule has 0 radical (unpaired) electrons. The van der Waals surface area contributed by atoms with Crippen molar-refractivity contribution in [1.29, 1.82) is 0 Å². The lowest BCUT2D eigenvalue weighted by molar-refractivity contribution is 0.0865. The normalized spacial score (nSPS) is 24.1. The van der Waals surface area contributed by atoms with Crippen LogP contribution in [0.4, 0.5) is 0 Å². The van der Waals surface area contributed by atoms with Crippen molar-refractivity contribution in [3.63, 3.8) is 0 Å². The summed E-state index contributed by atoms with van der Waals surface area (Å²) < 4.78 is 5.78. The van der Waals surface area contributed by atoms with Gasteiger partial charge in [-0.25, -0.2) is 0 Å². The Morgan fingerprint density at radius 2 is 1.41 bits per heavy atom. The van der Waals surface area contributed by atoms with Gasteiger partial charge in [-0.3, -0.25) is 0 Å². The van der Waals surface area contributed by atoms with Crippen molar-refractivity contribution in [2.24, 2.45) is 5.41 Å². The molecule has 3 aliphatic rings. The summed E-state index contributed by atoms with van der Waals surface area (Å²) in [7, 11) is 0. The zero-order valence-electron chi connectivity index (χ0n) is 20.2. The first-order valence-corrected chi connectivity index (χ1v) is 13.0. The molecule has 0 heterocycles. The Balaban J connectivity index is 1.35. The highest BCUT2D eigenvalue weighted by molar-refractivity contribution is 5.40. The van der Waals surface area contributed by atoms with E-state index in [1.807, 2.05) is 0 Å². The van der Waals surface area contributed by atoms with Gasteiger partial charge in [-0.05, 0) is 98.6 Å². The number of unbranched alkanes of at least 4 members (excludes halogenated alkanes) is 3. The number of benzene rings is 2. The monoisotopic (exact) mass is 428 g/mol. The van der Waals surface area contributed by atoms with Gasteiger partial charge >= 0.3 is 0 Å². The van der Waals surface area contributed by atoms with Crippen molar-refractivity contribution in [3.05, 3.63) is 65.2 Å². The molecule has 3 fully saturated rings. The van der Waals surface area contributed by atoms with Crippen molar-refractivity contribution in [3.8, 4) is 17.6 Å². The van der Waals surface area contributed by atoms with Gasteiger partial charge in [0.05, 0.1) is 6.61 Å². The first-order chi connectivity index (χ1) is 15.7. The third-order valence-corrected chi connectivity index (χ3v) is 7.97. The van der Waals surface area contributed by atoms with Gasteiger partial charge in [0.2, 0.25) is 0 Å². The molecule has 32 heavy (non-hydrogen) atoms. The van der Waals surface area contributed by atoms with E-state index in [2.05, 4.69) is 74.2 Å². The molecule has 5 rings (SSSR count). The predicted molar refractivity (Wildman–Crippen MR) is 135 cm³/mol. The van der Waals surface area contributed by atoms with E-state index in [1.54, 1.807) is 5.56 Å². The molecule has 0 amide bonds. The molecule has 0 aromatic heterocycles. The third-order valence-electron chi connectivity index (χ3n) is 7.97. The summed E-state index contributed by atoms with van der Waals surface area (Å²) in [5.74, 6) is 8.19. The van der Waals surface area contributed by atoms with E-state index in [0.29, 0.717) is 5.41 Å². The summed E-state index contributed by atoms with van der Waals surface area (Å²) in [5, 5.41) is 0. The maximum atomic E-state index is 5.78. The fourth-order valence-corrected chi connectivity index (χ4v) is 5.58. The van der Waals surface area contributed by atoms with Crippen molar-refractivity contribution in [2.45, 2.75) is 96.3 Å². The van der Waals surface area contributed by atoms with Crippen LogP contribution in [0.5, 0.6) is 5.75 Å². The summed E-state index contributed by atoms with van der Waals surface area (Å²) in [6.07, 6.45) is 15.1. The van der Waals surface area contributed by atoms with Gasteiger partial charge in [0.15, 0.2) is 0 Å². The van der Waals surface area contributed by atoms with Crippen LogP contribution < -0.4 is 4.74 Å². The Hall–Kier alpha value is -2.20. The summed E-state index contributed by atoms with van der Waals surface area (Å²) in [6, 6.07) is 18.0. The minimum absolute atomic E-state index is 0.234. The molecule has 0 unspecified atom stereocenters. The second kappa shape index (κ2) is 10.6. The Morgan fingerprint density at radius 3 is 2.03 bits per heavy atom. The van der Waals surface area contributed by atoms with Crippen LogP contribution in [0.1, 0.15) is 101 Å². The number of fused-ring (bicyclic) bond motifs is 3. The van der Waals surface area contributed by atoms with Crippen LogP contribution in [0, 0.1) is 17.3 Å². The number of aryl methyl sites for hydroxylation is 1. The van der Waals surface area contributed by atoms with Gasteiger partial charge in [0.25, 0.3) is 0 Å². The molecule has 0 spiro atoms. The van der Waals surface area contributed by atoms with Crippen LogP contribution in [0.15, 0.2) is 48.5 Å². The summed E-state index contributed by atoms with van der Waals surface area (Å²) >= 11 is 0. The Morgan fingerprint density at radius 1 is 0.750 bits per heavy atom. The molecule has 2 aromatic rings. The maximum Gasteiger partial charge on any atom is 0.119 e. The van der Waals surface area contributed by atoms with Gasteiger partial charge in [-0.15, -0.1) is 0 Å². The minimum Gasteiger partial charge on any atom is -0.494 e. The molecule has 3 saturated carbocycles. The fourth-order valence-electron chi connectivity index (χ4n) is 5.58. The smallest absolute Gasteiger partial charge is 0.119 e. The van der Waals surface area contributed by atoms with Gasteiger partial charge < -0.3 is 4.74 Å². The molecular weight excluding hydrogens is 388 g/mol. The second-order valence-electron chi connectivity index (χ2n) is 10.2. The molecular formula is C31H40O. The van der Waals surface area contributed by atoms with Crippen LogP contribution in [0.25, 0.3) is 0 Å². The van der Waals surface area contributed by atoms with Crippen LogP contribution in [-0.2, 0) is 11.8 Å². The summed E-state index contributed by atoms with van der Waals surface area (Å²) in [5.41, 5.74) is 4.84. The van der Waals surface area contributed by atoms with Gasteiger partial charge in [-0.2, -0.15) is 0 Å². The Labute approximate surface area is 196 Å². The Bertz CT molecular complexity index is 885. The SMILES string of the molecule is CCCCCc1ccc(C23CCC(C#Cc4ccc(OCCCC)cc4)(CC2)CC3)cc1. The molecule has 2 bridgehead atoms. The molecule has 0 aliphatic heterocycles. The van der Waals surface area contributed by atoms with E-state index >= 15 is 0 Å². The van der Waals surface area contributed by atoms with Gasteiger partial charge in [0, 0.05) is 11.0 Å². The number of ether oxygens (including phenoxy) is 1. The first kappa shape index (κ1) is 23.0. The Kier molecular flexibility index (Phi) is 7.62. The van der Waals surface area contributed by atoms with Gasteiger partial charge in [0.1, 0.15) is 5.75 Å². The lowest BCUT2D eigenvalue weighted by atomic mass is 9.52. The van der Waals surface area contributed by atoms with E-state index in [0.717, 1.165) is 30.8 Å². The van der Waals surface area contributed by atoms with E-state index in [9.17, 15) is 0 Å². The standard InChI is InChI=1S/C31H40O/c1-3-5-7-8-26-9-13-28(14-10-26)31-22-19-30(20-23-31,21-24-31)18-17-27-11-15-29(16-12-27)32-25-6-4-2/h9-16H,3-8,19-25H2,1-2H3. The van der Waals surface area contributed by atoms with E-state index in [4.69, 9.17) is 4.74 Å². The highest BCUT2D eigenvalue weighted by atomic mass is 16.5. The van der Waals surface area contributed by atoms with E-state index < -0.39 is 0 Å². The molecule has 0 N–H and O–H groups in total. The lowest BCUT2D eigenvalue weighted by Gasteiger charge is -2.51. The van der Waals surface area contributed by atoms with Crippen LogP contribution in [0.3, 0.4) is 0 Å². The number of hydrogen-bond acceptors (Lipinski definition) is 1. The predicted octanol–water partition coefficient (Wildman–Crippen LogP) is 8.24. The van der Waals surface area contributed by atoms with Crippen molar-refractivity contribution >= 4 is 0 Å². The quantitative estimate of drug-likeness (QED) is 0.288. The third kappa shape index (κ3) is 5.40. The zero-order valence-corrected chi connectivity index (χ0v) is 20.2. The average molecular weight is 429 g/mol. The largest absolute Gasteiger partial charge is 0.494 e. The molecule has 2 aromatic carbocycles. The molecule has 3 aliphatic carbocycles. The summed E-state index contributed by atoms with van der Waals surface area (Å²) in [4.78, 5) is 0. The topological polar surface area (TPSA) is 9.23 Å². The van der Waals surface area contributed by atoms with Crippen LogP contribution in [-0.4, -0.2) is 6.61 Å². The number of rotatable bonds is 9.